The average Bonchev–Trinajstić information content (AvgIpc) is 2.61. The van der Waals surface area contributed by atoms with Crippen molar-refractivity contribution in [2.45, 2.75) is 44.6 Å². The van der Waals surface area contributed by atoms with E-state index < -0.39 is 0 Å². The van der Waals surface area contributed by atoms with Crippen molar-refractivity contribution < 1.29 is 4.92 Å². The summed E-state index contributed by atoms with van der Waals surface area (Å²) < 4.78 is 1.54. The fourth-order valence-corrected chi connectivity index (χ4v) is 2.37. The van der Waals surface area contributed by atoms with Crippen molar-refractivity contribution in [3.63, 3.8) is 0 Å². The van der Waals surface area contributed by atoms with Crippen molar-refractivity contribution in [1.29, 1.82) is 0 Å². The molecule has 106 valence electrons. The van der Waals surface area contributed by atoms with Crippen LogP contribution in [0.15, 0.2) is 0 Å². The zero-order valence-electron chi connectivity index (χ0n) is 11.6. The number of nitrogens with zero attached hydrogens (tertiary/aromatic N) is 3. The molecule has 0 aromatic carbocycles. The largest absolute Gasteiger partial charge is 0.363 e. The lowest BCUT2D eigenvalue weighted by atomic mass is 9.78. The summed E-state index contributed by atoms with van der Waals surface area (Å²) in [6, 6.07) is 0. The minimum atomic E-state index is -0.366. The van der Waals surface area contributed by atoms with E-state index in [0.29, 0.717) is 18.1 Å². The van der Waals surface area contributed by atoms with Crippen LogP contribution in [0.2, 0.25) is 0 Å². The second-order valence-corrected chi connectivity index (χ2v) is 5.69. The summed E-state index contributed by atoms with van der Waals surface area (Å²) in [5, 5.41) is 18.6. The van der Waals surface area contributed by atoms with E-state index in [2.05, 4.69) is 10.4 Å². The van der Waals surface area contributed by atoms with Crippen molar-refractivity contribution in [1.82, 2.24) is 9.78 Å². The number of anilines is 1. The Balaban J connectivity index is 2.25. The Morgan fingerprint density at radius 2 is 2.21 bits per heavy atom. The van der Waals surface area contributed by atoms with Gasteiger partial charge in [-0.05, 0) is 19.3 Å². The average molecular weight is 267 g/mol. The predicted octanol–water partition coefficient (Wildman–Crippen LogP) is 1.75. The molecule has 0 radical (unpaired) electrons. The van der Waals surface area contributed by atoms with Gasteiger partial charge in [0, 0.05) is 25.0 Å². The van der Waals surface area contributed by atoms with Gasteiger partial charge in [0.2, 0.25) is 5.82 Å². The SMILES string of the molecule is CC(C)c1nn(C)c(NCC2(N)CCC2)c1[N+](=O)[O-]. The van der Waals surface area contributed by atoms with Crippen LogP contribution >= 0.6 is 0 Å². The quantitative estimate of drug-likeness (QED) is 0.625. The smallest absolute Gasteiger partial charge is 0.334 e. The summed E-state index contributed by atoms with van der Waals surface area (Å²) in [6.45, 7) is 4.34. The Morgan fingerprint density at radius 3 is 2.63 bits per heavy atom. The third-order valence-electron chi connectivity index (χ3n) is 3.73. The molecule has 1 saturated carbocycles. The monoisotopic (exact) mass is 267 g/mol. The highest BCUT2D eigenvalue weighted by Gasteiger charge is 2.34. The molecule has 1 heterocycles. The lowest BCUT2D eigenvalue weighted by molar-refractivity contribution is -0.384. The van der Waals surface area contributed by atoms with Crippen molar-refractivity contribution >= 4 is 11.5 Å². The van der Waals surface area contributed by atoms with Gasteiger partial charge >= 0.3 is 5.69 Å². The molecule has 3 N–H and O–H groups in total. The number of rotatable bonds is 5. The van der Waals surface area contributed by atoms with Crippen LogP contribution in [0.5, 0.6) is 0 Å². The molecular formula is C12H21N5O2. The number of nitro groups is 1. The Kier molecular flexibility index (Phi) is 3.49. The molecule has 7 nitrogen and oxygen atoms in total. The number of hydrogen-bond donors (Lipinski definition) is 2. The first kappa shape index (κ1) is 13.8. The molecule has 0 saturated heterocycles. The Bertz CT molecular complexity index is 491. The molecule has 0 spiro atoms. The maximum Gasteiger partial charge on any atom is 0.334 e. The lowest BCUT2D eigenvalue weighted by Gasteiger charge is -2.38. The van der Waals surface area contributed by atoms with Crippen molar-refractivity contribution in [2.24, 2.45) is 12.8 Å². The highest BCUT2D eigenvalue weighted by atomic mass is 16.6. The van der Waals surface area contributed by atoms with Crippen LogP contribution in [0.25, 0.3) is 0 Å². The van der Waals surface area contributed by atoms with Crippen molar-refractivity contribution in [3.8, 4) is 0 Å². The Labute approximate surface area is 112 Å². The van der Waals surface area contributed by atoms with Gasteiger partial charge in [0.1, 0.15) is 5.69 Å². The highest BCUT2D eigenvalue weighted by Crippen LogP contribution is 2.34. The van der Waals surface area contributed by atoms with Crippen LogP contribution < -0.4 is 11.1 Å². The van der Waals surface area contributed by atoms with E-state index in [4.69, 9.17) is 5.73 Å². The minimum absolute atomic E-state index is 0.0117. The standard InChI is InChI=1S/C12H21N5O2/c1-8(2)9-10(17(18)19)11(16(3)15-9)14-7-12(13)5-4-6-12/h8,14H,4-7,13H2,1-3H3. The molecule has 1 aliphatic rings. The molecule has 1 aromatic rings. The molecule has 0 amide bonds. The van der Waals surface area contributed by atoms with Crippen LogP contribution in [0.3, 0.4) is 0 Å². The Hall–Kier alpha value is -1.63. The van der Waals surface area contributed by atoms with Gasteiger partial charge in [0.15, 0.2) is 0 Å². The second-order valence-electron chi connectivity index (χ2n) is 5.69. The summed E-state index contributed by atoms with van der Waals surface area (Å²) in [5.41, 5.74) is 6.48. The van der Waals surface area contributed by atoms with E-state index in [1.165, 1.54) is 4.68 Å². The molecule has 2 rings (SSSR count). The highest BCUT2D eigenvalue weighted by molar-refractivity contribution is 5.60. The van der Waals surface area contributed by atoms with Crippen LogP contribution in [-0.2, 0) is 7.05 Å². The maximum atomic E-state index is 11.2. The van der Waals surface area contributed by atoms with Crippen LogP contribution in [-0.4, -0.2) is 26.8 Å². The zero-order valence-corrected chi connectivity index (χ0v) is 11.6. The molecule has 1 aromatic heterocycles. The van der Waals surface area contributed by atoms with Gasteiger partial charge in [-0.1, -0.05) is 13.8 Å². The van der Waals surface area contributed by atoms with E-state index in [1.54, 1.807) is 7.05 Å². The van der Waals surface area contributed by atoms with E-state index in [9.17, 15) is 10.1 Å². The number of aromatic nitrogens is 2. The number of nitrogens with two attached hydrogens (primary N) is 1. The van der Waals surface area contributed by atoms with Gasteiger partial charge in [-0.15, -0.1) is 0 Å². The molecular weight excluding hydrogens is 246 g/mol. The lowest BCUT2D eigenvalue weighted by Crippen LogP contribution is -2.52. The van der Waals surface area contributed by atoms with Gasteiger partial charge in [0.25, 0.3) is 0 Å². The number of nitrogens with one attached hydrogen (secondary N) is 1. The van der Waals surface area contributed by atoms with E-state index in [-0.39, 0.29) is 22.1 Å². The molecule has 1 aliphatic carbocycles. The molecule has 19 heavy (non-hydrogen) atoms. The van der Waals surface area contributed by atoms with Crippen LogP contribution in [0, 0.1) is 10.1 Å². The molecule has 0 bridgehead atoms. The first-order valence-electron chi connectivity index (χ1n) is 6.58. The minimum Gasteiger partial charge on any atom is -0.363 e. The van der Waals surface area contributed by atoms with Gasteiger partial charge in [-0.3, -0.25) is 10.1 Å². The zero-order chi connectivity index (χ0) is 14.2. The van der Waals surface area contributed by atoms with Gasteiger partial charge < -0.3 is 11.1 Å². The summed E-state index contributed by atoms with van der Waals surface area (Å²) in [6.07, 6.45) is 3.05. The van der Waals surface area contributed by atoms with Gasteiger partial charge in [-0.25, -0.2) is 4.68 Å². The fraction of sp³-hybridized carbons (Fsp3) is 0.750. The molecule has 7 heteroatoms. The summed E-state index contributed by atoms with van der Waals surface area (Å²) in [5.74, 6) is 0.461. The van der Waals surface area contributed by atoms with Crippen molar-refractivity contribution in [2.75, 3.05) is 11.9 Å². The summed E-state index contributed by atoms with van der Waals surface area (Å²) in [7, 11) is 1.71. The number of aryl methyl sites for hydroxylation is 1. The van der Waals surface area contributed by atoms with Crippen molar-refractivity contribution in [3.05, 3.63) is 15.8 Å². The second kappa shape index (κ2) is 4.80. The summed E-state index contributed by atoms with van der Waals surface area (Å²) in [4.78, 5) is 10.9. The third-order valence-corrected chi connectivity index (χ3v) is 3.73. The van der Waals surface area contributed by atoms with E-state index >= 15 is 0 Å². The van der Waals surface area contributed by atoms with E-state index in [1.807, 2.05) is 13.8 Å². The maximum absolute atomic E-state index is 11.2. The van der Waals surface area contributed by atoms with Crippen LogP contribution in [0.4, 0.5) is 11.5 Å². The van der Waals surface area contributed by atoms with Gasteiger partial charge in [0.05, 0.1) is 4.92 Å². The molecule has 0 unspecified atom stereocenters. The van der Waals surface area contributed by atoms with E-state index in [0.717, 1.165) is 19.3 Å². The molecule has 0 atom stereocenters. The third kappa shape index (κ3) is 2.56. The predicted molar refractivity (Wildman–Crippen MR) is 73.2 cm³/mol. The topological polar surface area (TPSA) is 99.0 Å². The van der Waals surface area contributed by atoms with Gasteiger partial charge in [-0.2, -0.15) is 5.10 Å². The fourth-order valence-electron chi connectivity index (χ4n) is 2.37. The molecule has 0 aliphatic heterocycles. The molecule has 1 fully saturated rings. The summed E-state index contributed by atoms with van der Waals surface area (Å²) >= 11 is 0. The Morgan fingerprint density at radius 1 is 1.58 bits per heavy atom. The normalized spacial score (nSPS) is 17.3. The first-order valence-corrected chi connectivity index (χ1v) is 6.58. The first-order chi connectivity index (χ1) is 8.84. The van der Waals surface area contributed by atoms with Crippen LogP contribution in [0.1, 0.15) is 44.7 Å². The number of hydrogen-bond acceptors (Lipinski definition) is 5.